The van der Waals surface area contributed by atoms with Crippen LogP contribution in [0.5, 0.6) is 5.75 Å². The van der Waals surface area contributed by atoms with Gasteiger partial charge in [-0.25, -0.2) is 4.79 Å². The Hall–Kier alpha value is -2.53. The van der Waals surface area contributed by atoms with Crippen molar-refractivity contribution in [2.45, 2.75) is 32.2 Å². The van der Waals surface area contributed by atoms with Crippen molar-refractivity contribution in [1.82, 2.24) is 14.8 Å². The van der Waals surface area contributed by atoms with Crippen LogP contribution in [-0.4, -0.2) is 39.0 Å². The van der Waals surface area contributed by atoms with Crippen LogP contribution in [0.2, 0.25) is 10.0 Å². The Balaban J connectivity index is 1.64. The molecule has 0 aliphatic heterocycles. The van der Waals surface area contributed by atoms with Gasteiger partial charge in [0.1, 0.15) is 17.4 Å². The van der Waals surface area contributed by atoms with Crippen LogP contribution in [0.15, 0.2) is 42.1 Å². The van der Waals surface area contributed by atoms with Gasteiger partial charge in [-0.1, -0.05) is 41.0 Å². The highest BCUT2D eigenvalue weighted by atomic mass is 35.5. The number of ether oxygens (including phenoxy) is 2. The lowest BCUT2D eigenvalue weighted by atomic mass is 10.3. The standard InChI is InChI=1S/C22H22Cl2N4O4S2/c1-4-8-28-18(11-32-17-7-6-14(23)10-16(17)24)26-27-22(28)33-12-19(29)25-20-15(9-13(3)34-20)21(30)31-5-2/h4,6-7,9-10H,1,5,8,11-12H2,2-3H3,(H,25,29). The number of anilines is 1. The van der Waals surface area contributed by atoms with Crippen molar-refractivity contribution in [2.75, 3.05) is 17.7 Å². The van der Waals surface area contributed by atoms with Crippen LogP contribution in [0.3, 0.4) is 0 Å². The summed E-state index contributed by atoms with van der Waals surface area (Å²) >= 11 is 14.6. The number of aromatic nitrogens is 3. The summed E-state index contributed by atoms with van der Waals surface area (Å²) in [6, 6.07) is 6.65. The van der Waals surface area contributed by atoms with Crippen LogP contribution < -0.4 is 10.1 Å². The Kier molecular flexibility index (Phi) is 9.40. The maximum absolute atomic E-state index is 12.6. The third-order valence-electron chi connectivity index (χ3n) is 4.29. The summed E-state index contributed by atoms with van der Waals surface area (Å²) in [5.74, 6) is 0.337. The number of hydrogen-bond acceptors (Lipinski definition) is 8. The molecule has 0 radical (unpaired) electrons. The lowest BCUT2D eigenvalue weighted by Gasteiger charge is -2.10. The first-order valence-electron chi connectivity index (χ1n) is 10.1. The number of carbonyl (C=O) groups is 2. The average molecular weight is 541 g/mol. The highest BCUT2D eigenvalue weighted by Gasteiger charge is 2.19. The molecule has 0 atom stereocenters. The molecule has 0 bridgehead atoms. The number of carbonyl (C=O) groups excluding carboxylic acids is 2. The number of hydrogen-bond donors (Lipinski definition) is 1. The van der Waals surface area contributed by atoms with E-state index in [2.05, 4.69) is 22.1 Å². The first kappa shape index (κ1) is 26.1. The molecule has 0 saturated heterocycles. The van der Waals surface area contributed by atoms with Gasteiger partial charge in [-0.3, -0.25) is 9.36 Å². The number of thioether (sulfide) groups is 1. The van der Waals surface area contributed by atoms with Gasteiger partial charge < -0.3 is 14.8 Å². The van der Waals surface area contributed by atoms with E-state index in [1.54, 1.807) is 41.8 Å². The number of aryl methyl sites for hydroxylation is 1. The zero-order valence-electron chi connectivity index (χ0n) is 18.5. The van der Waals surface area contributed by atoms with E-state index in [0.717, 1.165) is 4.88 Å². The predicted molar refractivity (Wildman–Crippen MR) is 135 cm³/mol. The van der Waals surface area contributed by atoms with E-state index in [4.69, 9.17) is 32.7 Å². The van der Waals surface area contributed by atoms with Gasteiger partial charge in [-0.2, -0.15) is 0 Å². The van der Waals surface area contributed by atoms with Crippen LogP contribution in [0.1, 0.15) is 28.0 Å². The number of esters is 1. The van der Waals surface area contributed by atoms with Crippen LogP contribution >= 0.6 is 46.3 Å². The molecule has 1 amide bonds. The fourth-order valence-corrected chi connectivity index (χ4v) is 4.99. The smallest absolute Gasteiger partial charge is 0.341 e. The van der Waals surface area contributed by atoms with E-state index in [9.17, 15) is 9.59 Å². The van der Waals surface area contributed by atoms with Gasteiger partial charge in [0.25, 0.3) is 0 Å². The minimum atomic E-state index is -0.467. The average Bonchev–Trinajstić information content (AvgIpc) is 3.35. The SMILES string of the molecule is C=CCn1c(COc2ccc(Cl)cc2Cl)nnc1SCC(=O)Nc1sc(C)cc1C(=O)OCC. The topological polar surface area (TPSA) is 95.3 Å². The molecular weight excluding hydrogens is 519 g/mol. The van der Waals surface area contributed by atoms with Crippen molar-refractivity contribution >= 4 is 63.2 Å². The number of halogens is 2. The Labute approximate surface area is 215 Å². The van der Waals surface area contributed by atoms with Crippen molar-refractivity contribution in [1.29, 1.82) is 0 Å². The monoisotopic (exact) mass is 540 g/mol. The Bertz CT molecular complexity index is 1200. The molecule has 0 spiro atoms. The lowest BCUT2D eigenvalue weighted by Crippen LogP contribution is -2.16. The Morgan fingerprint density at radius 2 is 2.09 bits per heavy atom. The second-order valence-electron chi connectivity index (χ2n) is 6.82. The second-order valence-corrected chi connectivity index (χ2v) is 9.86. The molecule has 2 aromatic heterocycles. The molecule has 3 rings (SSSR count). The summed E-state index contributed by atoms with van der Waals surface area (Å²) in [7, 11) is 0. The van der Waals surface area contributed by atoms with E-state index in [1.807, 2.05) is 6.92 Å². The van der Waals surface area contributed by atoms with Gasteiger partial charge in [0.15, 0.2) is 11.0 Å². The van der Waals surface area contributed by atoms with Crippen molar-refractivity contribution in [3.8, 4) is 5.75 Å². The maximum atomic E-state index is 12.6. The molecule has 0 fully saturated rings. The molecule has 180 valence electrons. The van der Waals surface area contributed by atoms with Crippen LogP contribution in [0, 0.1) is 6.92 Å². The van der Waals surface area contributed by atoms with Gasteiger partial charge >= 0.3 is 5.97 Å². The molecule has 3 aromatic rings. The summed E-state index contributed by atoms with van der Waals surface area (Å²) in [6.45, 7) is 8.16. The van der Waals surface area contributed by atoms with Gasteiger partial charge in [0, 0.05) is 16.4 Å². The predicted octanol–water partition coefficient (Wildman–Crippen LogP) is 5.63. The molecule has 1 N–H and O–H groups in total. The zero-order valence-corrected chi connectivity index (χ0v) is 21.6. The number of benzene rings is 1. The first-order chi connectivity index (χ1) is 16.3. The van der Waals surface area contributed by atoms with Crippen LogP contribution in [-0.2, 0) is 22.7 Å². The number of nitrogens with zero attached hydrogens (tertiary/aromatic N) is 3. The molecule has 0 aliphatic carbocycles. The minimum absolute atomic E-state index is 0.0678. The quantitative estimate of drug-likeness (QED) is 0.191. The van der Waals surface area contributed by atoms with E-state index >= 15 is 0 Å². The Morgan fingerprint density at radius 1 is 1.29 bits per heavy atom. The number of thiophene rings is 1. The van der Waals surface area contributed by atoms with Crippen molar-refractivity contribution < 1.29 is 19.1 Å². The summed E-state index contributed by atoms with van der Waals surface area (Å²) in [5.41, 5.74) is 0.345. The van der Waals surface area contributed by atoms with E-state index in [1.165, 1.54) is 23.1 Å². The highest BCUT2D eigenvalue weighted by molar-refractivity contribution is 7.99. The Morgan fingerprint density at radius 3 is 2.79 bits per heavy atom. The second kappa shape index (κ2) is 12.3. The molecular formula is C22H22Cl2N4O4S2. The molecule has 8 nitrogen and oxygen atoms in total. The molecule has 0 unspecified atom stereocenters. The molecule has 0 saturated carbocycles. The lowest BCUT2D eigenvalue weighted by molar-refractivity contribution is -0.113. The molecule has 34 heavy (non-hydrogen) atoms. The molecule has 1 aromatic carbocycles. The van der Waals surface area contributed by atoms with Gasteiger partial charge in [-0.15, -0.1) is 28.1 Å². The van der Waals surface area contributed by atoms with Crippen molar-refractivity contribution in [2.24, 2.45) is 0 Å². The summed E-state index contributed by atoms with van der Waals surface area (Å²) < 4.78 is 12.6. The summed E-state index contributed by atoms with van der Waals surface area (Å²) in [4.78, 5) is 25.6. The van der Waals surface area contributed by atoms with Gasteiger partial charge in [0.05, 0.1) is 22.9 Å². The molecule has 12 heteroatoms. The van der Waals surface area contributed by atoms with Crippen molar-refractivity contribution in [3.63, 3.8) is 0 Å². The fourth-order valence-electron chi connectivity index (χ4n) is 2.84. The van der Waals surface area contributed by atoms with Crippen LogP contribution in [0.4, 0.5) is 5.00 Å². The molecule has 0 aliphatic rings. The number of rotatable bonds is 11. The number of allylic oxidation sites excluding steroid dienone is 1. The van der Waals surface area contributed by atoms with E-state index in [0.29, 0.717) is 43.9 Å². The third kappa shape index (κ3) is 6.75. The number of amides is 1. The fraction of sp³-hybridized carbons (Fsp3) is 0.273. The molecule has 2 heterocycles. The zero-order chi connectivity index (χ0) is 24.7. The van der Waals surface area contributed by atoms with E-state index < -0.39 is 5.97 Å². The highest BCUT2D eigenvalue weighted by Crippen LogP contribution is 2.30. The normalized spacial score (nSPS) is 10.7. The maximum Gasteiger partial charge on any atom is 0.341 e. The largest absolute Gasteiger partial charge is 0.484 e. The van der Waals surface area contributed by atoms with E-state index in [-0.39, 0.29) is 24.9 Å². The van der Waals surface area contributed by atoms with Gasteiger partial charge in [0.2, 0.25) is 5.91 Å². The van der Waals surface area contributed by atoms with Crippen LogP contribution in [0.25, 0.3) is 0 Å². The minimum Gasteiger partial charge on any atom is -0.484 e. The van der Waals surface area contributed by atoms with Crippen molar-refractivity contribution in [3.05, 3.63) is 63.2 Å². The summed E-state index contributed by atoms with van der Waals surface area (Å²) in [6.07, 6.45) is 1.70. The van der Waals surface area contributed by atoms with Gasteiger partial charge in [-0.05, 0) is 38.1 Å². The first-order valence-corrected chi connectivity index (χ1v) is 12.7. The third-order valence-corrected chi connectivity index (χ3v) is 6.75. The number of nitrogens with one attached hydrogen (secondary N) is 1. The summed E-state index contributed by atoms with van der Waals surface area (Å²) in [5, 5.41) is 13.0.